The van der Waals surface area contributed by atoms with E-state index in [0.717, 1.165) is 16.7 Å². The molecule has 0 N–H and O–H groups in total. The van der Waals surface area contributed by atoms with Crippen LogP contribution in [-0.2, 0) is 6.54 Å². The van der Waals surface area contributed by atoms with Crippen molar-refractivity contribution in [1.29, 1.82) is 0 Å². The molecule has 2 aromatic rings. The molecule has 21 heavy (non-hydrogen) atoms. The number of halogens is 1. The Morgan fingerprint density at radius 3 is 2.52 bits per heavy atom. The van der Waals surface area contributed by atoms with Gasteiger partial charge in [-0.15, -0.1) is 0 Å². The quantitative estimate of drug-likeness (QED) is 0.780. The first kappa shape index (κ1) is 15.4. The Morgan fingerprint density at radius 2 is 1.86 bits per heavy atom. The molecule has 2 rings (SSSR count). The lowest BCUT2D eigenvalue weighted by molar-refractivity contribution is 0.0943. The second-order valence-electron chi connectivity index (χ2n) is 5.52. The van der Waals surface area contributed by atoms with Crippen LogP contribution in [0.5, 0.6) is 0 Å². The predicted molar refractivity (Wildman–Crippen MR) is 83.0 cm³/mol. The molecule has 0 amide bonds. The molecule has 3 heteroatoms. The molecule has 0 spiro atoms. The molecule has 0 fully saturated rings. The van der Waals surface area contributed by atoms with Gasteiger partial charge < -0.3 is 0 Å². The standard InChI is InChI=1S/C18H20FNO/c1-13-7-8-16(9-14(13)2)18(21)12-20(3)11-15-5-4-6-17(19)10-15/h4-10H,11-12H2,1-3H3. The molecule has 0 heterocycles. The molecule has 0 aliphatic rings. The Balaban J connectivity index is 2.00. The summed E-state index contributed by atoms with van der Waals surface area (Å²) in [5.41, 5.74) is 3.89. The van der Waals surface area contributed by atoms with Crippen LogP contribution in [0.25, 0.3) is 0 Å². The zero-order valence-electron chi connectivity index (χ0n) is 12.7. The van der Waals surface area contributed by atoms with Gasteiger partial charge in [0, 0.05) is 12.1 Å². The van der Waals surface area contributed by atoms with Crippen LogP contribution in [0.1, 0.15) is 27.0 Å². The van der Waals surface area contributed by atoms with Gasteiger partial charge >= 0.3 is 0 Å². The summed E-state index contributed by atoms with van der Waals surface area (Å²) in [6.45, 7) is 4.90. The highest BCUT2D eigenvalue weighted by Crippen LogP contribution is 2.12. The molecule has 0 aliphatic carbocycles. The minimum Gasteiger partial charge on any atom is -0.295 e. The lowest BCUT2D eigenvalue weighted by Gasteiger charge is -2.16. The highest BCUT2D eigenvalue weighted by Gasteiger charge is 2.10. The van der Waals surface area contributed by atoms with Crippen LogP contribution in [-0.4, -0.2) is 24.3 Å². The summed E-state index contributed by atoms with van der Waals surface area (Å²) in [5.74, 6) is -0.168. The van der Waals surface area contributed by atoms with E-state index in [1.165, 1.54) is 17.7 Å². The largest absolute Gasteiger partial charge is 0.295 e. The highest BCUT2D eigenvalue weighted by molar-refractivity contribution is 5.97. The van der Waals surface area contributed by atoms with Crippen molar-refractivity contribution in [2.75, 3.05) is 13.6 Å². The minimum atomic E-state index is -0.249. The van der Waals surface area contributed by atoms with Gasteiger partial charge in [0.05, 0.1) is 6.54 Å². The summed E-state index contributed by atoms with van der Waals surface area (Å²) in [4.78, 5) is 14.2. The van der Waals surface area contributed by atoms with Crippen molar-refractivity contribution in [1.82, 2.24) is 4.90 Å². The maximum atomic E-state index is 13.1. The van der Waals surface area contributed by atoms with Crippen LogP contribution in [0.15, 0.2) is 42.5 Å². The fraction of sp³-hybridized carbons (Fsp3) is 0.278. The average Bonchev–Trinajstić information content (AvgIpc) is 2.41. The van der Waals surface area contributed by atoms with Gasteiger partial charge in [-0.05, 0) is 55.8 Å². The highest BCUT2D eigenvalue weighted by atomic mass is 19.1. The van der Waals surface area contributed by atoms with E-state index in [1.807, 2.05) is 50.1 Å². The number of aryl methyl sites for hydroxylation is 2. The second-order valence-corrected chi connectivity index (χ2v) is 5.52. The number of carbonyl (C=O) groups is 1. The number of nitrogens with zero attached hydrogens (tertiary/aromatic N) is 1. The molecular formula is C18H20FNO. The van der Waals surface area contributed by atoms with Gasteiger partial charge in [0.15, 0.2) is 5.78 Å². The lowest BCUT2D eigenvalue weighted by Crippen LogP contribution is -2.25. The summed E-state index contributed by atoms with van der Waals surface area (Å²) in [6, 6.07) is 12.2. The van der Waals surface area contributed by atoms with Gasteiger partial charge in [-0.25, -0.2) is 4.39 Å². The van der Waals surface area contributed by atoms with Crippen molar-refractivity contribution in [3.63, 3.8) is 0 Å². The molecule has 0 aromatic heterocycles. The first-order valence-corrected chi connectivity index (χ1v) is 6.99. The number of benzene rings is 2. The van der Waals surface area contributed by atoms with Gasteiger partial charge in [0.1, 0.15) is 5.82 Å². The van der Waals surface area contributed by atoms with E-state index < -0.39 is 0 Å². The molecule has 110 valence electrons. The molecule has 0 aliphatic heterocycles. The topological polar surface area (TPSA) is 20.3 Å². The third-order valence-corrected chi connectivity index (χ3v) is 3.58. The van der Waals surface area contributed by atoms with Crippen molar-refractivity contribution >= 4 is 5.78 Å². The van der Waals surface area contributed by atoms with Crippen molar-refractivity contribution in [2.45, 2.75) is 20.4 Å². The van der Waals surface area contributed by atoms with Crippen molar-refractivity contribution in [3.8, 4) is 0 Å². The molecule has 0 bridgehead atoms. The number of rotatable bonds is 5. The van der Waals surface area contributed by atoms with E-state index in [9.17, 15) is 9.18 Å². The summed E-state index contributed by atoms with van der Waals surface area (Å²) >= 11 is 0. The van der Waals surface area contributed by atoms with Crippen molar-refractivity contribution in [2.24, 2.45) is 0 Å². The number of carbonyl (C=O) groups excluding carboxylic acids is 1. The van der Waals surface area contributed by atoms with Gasteiger partial charge in [-0.2, -0.15) is 0 Å². The van der Waals surface area contributed by atoms with Gasteiger partial charge in [0.25, 0.3) is 0 Å². The van der Waals surface area contributed by atoms with Crippen molar-refractivity contribution in [3.05, 3.63) is 70.5 Å². The normalized spacial score (nSPS) is 10.9. The van der Waals surface area contributed by atoms with Crippen LogP contribution >= 0.6 is 0 Å². The Hall–Kier alpha value is -2.00. The first-order chi connectivity index (χ1) is 9.95. The SMILES string of the molecule is Cc1ccc(C(=O)CN(C)Cc2cccc(F)c2)cc1C. The number of hydrogen-bond donors (Lipinski definition) is 0. The lowest BCUT2D eigenvalue weighted by atomic mass is 10.0. The molecule has 2 aromatic carbocycles. The molecule has 0 radical (unpaired) electrons. The van der Waals surface area contributed by atoms with E-state index in [1.54, 1.807) is 6.07 Å². The summed E-state index contributed by atoms with van der Waals surface area (Å²) in [7, 11) is 1.86. The second kappa shape index (κ2) is 6.64. The summed E-state index contributed by atoms with van der Waals surface area (Å²) in [6.07, 6.45) is 0. The average molecular weight is 285 g/mol. The van der Waals surface area contributed by atoms with Gasteiger partial charge in [0.2, 0.25) is 0 Å². The molecular weight excluding hydrogens is 265 g/mol. The van der Waals surface area contributed by atoms with Crippen LogP contribution in [0.3, 0.4) is 0 Å². The van der Waals surface area contributed by atoms with E-state index in [2.05, 4.69) is 0 Å². The minimum absolute atomic E-state index is 0.0806. The van der Waals surface area contributed by atoms with Crippen LogP contribution in [0.2, 0.25) is 0 Å². The maximum absolute atomic E-state index is 13.1. The Kier molecular flexibility index (Phi) is 4.86. The number of Topliss-reactive ketones (excluding diaryl/α,β-unsaturated/α-hetero) is 1. The molecule has 0 saturated heterocycles. The maximum Gasteiger partial charge on any atom is 0.176 e. The molecule has 0 atom stereocenters. The zero-order chi connectivity index (χ0) is 15.4. The third-order valence-electron chi connectivity index (χ3n) is 3.58. The molecule has 2 nitrogen and oxygen atoms in total. The Morgan fingerprint density at radius 1 is 1.10 bits per heavy atom. The number of ketones is 1. The molecule has 0 saturated carbocycles. The Bertz CT molecular complexity index is 651. The predicted octanol–water partition coefficient (Wildman–Crippen LogP) is 3.76. The van der Waals surface area contributed by atoms with E-state index >= 15 is 0 Å². The van der Waals surface area contributed by atoms with Gasteiger partial charge in [-0.1, -0.05) is 24.3 Å². The number of hydrogen-bond acceptors (Lipinski definition) is 2. The molecule has 0 unspecified atom stereocenters. The fourth-order valence-corrected chi connectivity index (χ4v) is 2.25. The summed E-state index contributed by atoms with van der Waals surface area (Å²) in [5, 5.41) is 0. The van der Waals surface area contributed by atoms with Crippen LogP contribution in [0.4, 0.5) is 4.39 Å². The zero-order valence-corrected chi connectivity index (χ0v) is 12.7. The van der Waals surface area contributed by atoms with E-state index in [4.69, 9.17) is 0 Å². The van der Waals surface area contributed by atoms with E-state index in [-0.39, 0.29) is 11.6 Å². The van der Waals surface area contributed by atoms with Crippen molar-refractivity contribution < 1.29 is 9.18 Å². The van der Waals surface area contributed by atoms with Crippen LogP contribution in [0, 0.1) is 19.7 Å². The van der Waals surface area contributed by atoms with Crippen LogP contribution < -0.4 is 0 Å². The summed E-state index contributed by atoms with van der Waals surface area (Å²) < 4.78 is 13.1. The first-order valence-electron chi connectivity index (χ1n) is 6.99. The smallest absolute Gasteiger partial charge is 0.176 e. The Labute approximate surface area is 125 Å². The third kappa shape index (κ3) is 4.23. The fourth-order valence-electron chi connectivity index (χ4n) is 2.25. The number of likely N-dealkylation sites (N-methyl/N-ethyl adjacent to an activating group) is 1. The van der Waals surface area contributed by atoms with E-state index in [0.29, 0.717) is 13.1 Å². The monoisotopic (exact) mass is 285 g/mol. The van der Waals surface area contributed by atoms with Gasteiger partial charge in [-0.3, -0.25) is 9.69 Å².